The summed E-state index contributed by atoms with van der Waals surface area (Å²) in [5.74, 6) is -0.430. The number of hydrogen-bond donors (Lipinski definition) is 3. The number of aromatic nitrogens is 2. The van der Waals surface area contributed by atoms with Gasteiger partial charge in [0, 0.05) is 25.3 Å². The first-order valence-corrected chi connectivity index (χ1v) is 6.89. The highest BCUT2D eigenvalue weighted by Crippen LogP contribution is 2.19. The number of likely N-dealkylation sites (tertiary alicyclic amines) is 1. The van der Waals surface area contributed by atoms with Gasteiger partial charge in [-0.3, -0.25) is 14.7 Å². The van der Waals surface area contributed by atoms with Gasteiger partial charge in [-0.1, -0.05) is 13.3 Å². The highest BCUT2D eigenvalue weighted by atomic mass is 16.2. The molecule has 0 aliphatic carbocycles. The number of hydrogen-bond acceptors (Lipinski definition) is 4. The van der Waals surface area contributed by atoms with Gasteiger partial charge in [0.25, 0.3) is 5.91 Å². The van der Waals surface area contributed by atoms with Crippen LogP contribution in [0.15, 0.2) is 6.07 Å². The molecule has 0 aromatic carbocycles. The predicted molar refractivity (Wildman–Crippen MR) is 74.1 cm³/mol. The van der Waals surface area contributed by atoms with Crippen molar-refractivity contribution >= 4 is 11.8 Å². The predicted octanol–water partition coefficient (Wildman–Crippen LogP) is -0.350. The van der Waals surface area contributed by atoms with Crippen LogP contribution >= 0.6 is 0 Å². The summed E-state index contributed by atoms with van der Waals surface area (Å²) in [7, 11) is 1.56. The lowest BCUT2D eigenvalue weighted by molar-refractivity contribution is -0.124. The molecule has 0 spiro atoms. The number of likely N-dealkylation sites (N-methyl/N-ethyl adjacent to an activating group) is 1. The Bertz CT molecular complexity index is 499. The number of rotatable bonds is 4. The van der Waals surface area contributed by atoms with E-state index < -0.39 is 6.04 Å². The molecule has 1 aromatic heterocycles. The number of carbonyl (C=O) groups is 2. The van der Waals surface area contributed by atoms with Crippen LogP contribution in [0, 0.1) is 0 Å². The Balaban J connectivity index is 2.15. The Morgan fingerprint density at radius 3 is 3.00 bits per heavy atom. The molecule has 1 saturated heterocycles. The molecule has 1 aliphatic rings. The van der Waals surface area contributed by atoms with E-state index in [0.29, 0.717) is 18.7 Å². The van der Waals surface area contributed by atoms with Gasteiger partial charge in [0.2, 0.25) is 5.91 Å². The van der Waals surface area contributed by atoms with Crippen LogP contribution in [0.5, 0.6) is 0 Å². The lowest BCUT2D eigenvalue weighted by Gasteiger charge is -2.22. The molecule has 2 rings (SSSR count). The molecule has 0 bridgehead atoms. The first kappa shape index (κ1) is 14.5. The number of nitrogens with two attached hydrogens (primary N) is 1. The van der Waals surface area contributed by atoms with E-state index in [4.69, 9.17) is 5.73 Å². The summed E-state index contributed by atoms with van der Waals surface area (Å²) >= 11 is 0. The highest BCUT2D eigenvalue weighted by Gasteiger charge is 2.38. The molecule has 1 aromatic rings. The van der Waals surface area contributed by atoms with Crippen LogP contribution in [0.4, 0.5) is 0 Å². The van der Waals surface area contributed by atoms with Crippen molar-refractivity contribution in [3.05, 3.63) is 17.5 Å². The minimum Gasteiger partial charge on any atom is -0.357 e. The summed E-state index contributed by atoms with van der Waals surface area (Å²) in [6, 6.07) is 1.07. The van der Waals surface area contributed by atoms with Gasteiger partial charge in [-0.15, -0.1) is 0 Å². The van der Waals surface area contributed by atoms with Gasteiger partial charge < -0.3 is 16.0 Å². The fraction of sp³-hybridized carbons (Fsp3) is 0.615. The van der Waals surface area contributed by atoms with E-state index in [1.54, 1.807) is 13.1 Å². The lowest BCUT2D eigenvalue weighted by Crippen LogP contribution is -2.45. The second kappa shape index (κ2) is 6.04. The number of nitrogens with zero attached hydrogens (tertiary/aromatic N) is 2. The van der Waals surface area contributed by atoms with Crippen LogP contribution in [-0.4, -0.2) is 52.6 Å². The van der Waals surface area contributed by atoms with Gasteiger partial charge in [-0.2, -0.15) is 5.10 Å². The summed E-state index contributed by atoms with van der Waals surface area (Å²) in [5, 5.41) is 9.46. The molecular weight excluding hydrogens is 258 g/mol. The molecule has 2 atom stereocenters. The van der Waals surface area contributed by atoms with Crippen LogP contribution in [0.2, 0.25) is 0 Å². The molecule has 0 radical (unpaired) electrons. The fourth-order valence-corrected chi connectivity index (χ4v) is 2.52. The smallest absolute Gasteiger partial charge is 0.275 e. The molecule has 0 saturated carbocycles. The van der Waals surface area contributed by atoms with E-state index in [9.17, 15) is 9.59 Å². The molecule has 110 valence electrons. The summed E-state index contributed by atoms with van der Waals surface area (Å²) in [5.41, 5.74) is 7.15. The van der Waals surface area contributed by atoms with Crippen molar-refractivity contribution in [3.63, 3.8) is 0 Å². The van der Waals surface area contributed by atoms with E-state index in [1.165, 1.54) is 4.90 Å². The maximum Gasteiger partial charge on any atom is 0.275 e. The molecule has 2 heterocycles. The number of carbonyl (C=O) groups excluding carboxylic acids is 2. The van der Waals surface area contributed by atoms with Crippen molar-refractivity contribution in [2.45, 2.75) is 38.3 Å². The normalized spacial score (nSPS) is 22.1. The standard InChI is InChI=1S/C13H21N5O2/c1-3-4-9-6-10(17-16-9)13(20)18-7-8(14)5-11(18)12(19)15-2/h6,8,11H,3-5,7,14H2,1-2H3,(H,15,19)(H,16,17)/t8-,11+/m1/s1. The molecule has 1 aliphatic heterocycles. The number of amides is 2. The zero-order chi connectivity index (χ0) is 14.7. The second-order valence-electron chi connectivity index (χ2n) is 5.11. The van der Waals surface area contributed by atoms with Gasteiger partial charge in [-0.05, 0) is 18.9 Å². The molecule has 1 fully saturated rings. The zero-order valence-corrected chi connectivity index (χ0v) is 11.8. The number of nitrogens with one attached hydrogen (secondary N) is 2. The highest BCUT2D eigenvalue weighted by molar-refractivity contribution is 5.96. The van der Waals surface area contributed by atoms with Crippen LogP contribution in [0.3, 0.4) is 0 Å². The average molecular weight is 279 g/mol. The third kappa shape index (κ3) is 2.82. The van der Waals surface area contributed by atoms with Crippen LogP contribution in [0.25, 0.3) is 0 Å². The minimum absolute atomic E-state index is 0.171. The Morgan fingerprint density at radius 1 is 1.60 bits per heavy atom. The summed E-state index contributed by atoms with van der Waals surface area (Å²) in [4.78, 5) is 25.8. The Labute approximate surface area is 117 Å². The van der Waals surface area contributed by atoms with Crippen molar-refractivity contribution in [2.75, 3.05) is 13.6 Å². The Morgan fingerprint density at radius 2 is 2.35 bits per heavy atom. The largest absolute Gasteiger partial charge is 0.357 e. The minimum atomic E-state index is -0.506. The third-order valence-electron chi connectivity index (χ3n) is 3.51. The SMILES string of the molecule is CCCc1cc(C(=O)N2C[C@H](N)C[C@H]2C(=O)NC)n[nH]1. The van der Waals surface area contributed by atoms with Crippen molar-refractivity contribution in [1.82, 2.24) is 20.4 Å². The average Bonchev–Trinajstić information content (AvgIpc) is 3.04. The Hall–Kier alpha value is -1.89. The summed E-state index contributed by atoms with van der Waals surface area (Å²) in [6.07, 6.45) is 2.31. The van der Waals surface area contributed by atoms with E-state index in [1.807, 2.05) is 0 Å². The van der Waals surface area contributed by atoms with Gasteiger partial charge in [-0.25, -0.2) is 0 Å². The quantitative estimate of drug-likeness (QED) is 0.700. The topological polar surface area (TPSA) is 104 Å². The molecule has 4 N–H and O–H groups in total. The number of H-pyrrole nitrogens is 1. The summed E-state index contributed by atoms with van der Waals surface area (Å²) in [6.45, 7) is 2.44. The molecular formula is C13H21N5O2. The second-order valence-corrected chi connectivity index (χ2v) is 5.11. The summed E-state index contributed by atoms with van der Waals surface area (Å²) < 4.78 is 0. The van der Waals surface area contributed by atoms with E-state index in [2.05, 4.69) is 22.4 Å². The van der Waals surface area contributed by atoms with Crippen molar-refractivity contribution < 1.29 is 9.59 Å². The first-order valence-electron chi connectivity index (χ1n) is 6.89. The van der Waals surface area contributed by atoms with Gasteiger partial charge in [0.15, 0.2) is 0 Å². The van der Waals surface area contributed by atoms with Crippen molar-refractivity contribution in [3.8, 4) is 0 Å². The first-order chi connectivity index (χ1) is 9.56. The molecule has 20 heavy (non-hydrogen) atoms. The fourth-order valence-electron chi connectivity index (χ4n) is 2.52. The van der Waals surface area contributed by atoms with Gasteiger partial charge >= 0.3 is 0 Å². The number of aryl methyl sites for hydroxylation is 1. The van der Waals surface area contributed by atoms with E-state index in [0.717, 1.165) is 18.5 Å². The third-order valence-corrected chi connectivity index (χ3v) is 3.51. The van der Waals surface area contributed by atoms with Crippen LogP contribution in [0.1, 0.15) is 35.9 Å². The Kier molecular flexibility index (Phi) is 4.39. The molecule has 7 heteroatoms. The van der Waals surface area contributed by atoms with Crippen molar-refractivity contribution in [2.24, 2.45) is 5.73 Å². The number of aromatic amines is 1. The maximum absolute atomic E-state index is 12.4. The molecule has 2 amide bonds. The maximum atomic E-state index is 12.4. The van der Waals surface area contributed by atoms with E-state index >= 15 is 0 Å². The van der Waals surface area contributed by atoms with Gasteiger partial charge in [0.05, 0.1) is 0 Å². The monoisotopic (exact) mass is 279 g/mol. The van der Waals surface area contributed by atoms with Gasteiger partial charge in [0.1, 0.15) is 11.7 Å². The lowest BCUT2D eigenvalue weighted by atomic mass is 10.1. The van der Waals surface area contributed by atoms with Crippen molar-refractivity contribution in [1.29, 1.82) is 0 Å². The molecule has 0 unspecified atom stereocenters. The zero-order valence-electron chi connectivity index (χ0n) is 11.8. The van der Waals surface area contributed by atoms with E-state index in [-0.39, 0.29) is 17.9 Å². The molecule has 7 nitrogen and oxygen atoms in total. The van der Waals surface area contributed by atoms with Crippen LogP contribution in [-0.2, 0) is 11.2 Å². The van der Waals surface area contributed by atoms with Crippen LogP contribution < -0.4 is 11.1 Å².